The Bertz CT molecular complexity index is 546. The van der Waals surface area contributed by atoms with Crippen molar-refractivity contribution in [2.24, 2.45) is 5.92 Å². The van der Waals surface area contributed by atoms with Gasteiger partial charge in [-0.05, 0) is 43.9 Å². The summed E-state index contributed by atoms with van der Waals surface area (Å²) in [4.78, 5) is 4.58. The van der Waals surface area contributed by atoms with Gasteiger partial charge in [0, 0.05) is 23.7 Å². The van der Waals surface area contributed by atoms with Crippen LogP contribution in [0.1, 0.15) is 38.4 Å². The Morgan fingerprint density at radius 2 is 1.89 bits per heavy atom. The van der Waals surface area contributed by atoms with Gasteiger partial charge in [-0.15, -0.1) is 0 Å². The molecule has 0 radical (unpaired) electrons. The average molecular weight is 256 g/mol. The molecule has 0 fully saturated rings. The smallest absolute Gasteiger partial charge is 0.0708 e. The molecule has 0 amide bonds. The second-order valence-electron chi connectivity index (χ2n) is 5.85. The summed E-state index contributed by atoms with van der Waals surface area (Å²) >= 11 is 0. The zero-order chi connectivity index (χ0) is 13.8. The van der Waals surface area contributed by atoms with Gasteiger partial charge in [-0.2, -0.15) is 0 Å². The van der Waals surface area contributed by atoms with Crippen LogP contribution in [-0.4, -0.2) is 11.0 Å². The monoisotopic (exact) mass is 256 g/mol. The molecule has 102 valence electrons. The minimum Gasteiger partial charge on any atom is -0.310 e. The van der Waals surface area contributed by atoms with E-state index in [0.717, 1.165) is 23.7 Å². The molecule has 1 heterocycles. The summed E-state index contributed by atoms with van der Waals surface area (Å²) < 4.78 is 0. The SMILES string of the molecule is Cc1cc(CNC(C)CC(C)C)c2ccccc2n1. The predicted octanol–water partition coefficient (Wildman–Crippen LogP) is 4.07. The highest BCUT2D eigenvalue weighted by molar-refractivity contribution is 5.82. The number of para-hydroxylation sites is 1. The molecule has 1 atom stereocenters. The van der Waals surface area contributed by atoms with Crippen LogP contribution in [-0.2, 0) is 6.54 Å². The molecule has 1 aromatic carbocycles. The number of rotatable bonds is 5. The van der Waals surface area contributed by atoms with Crippen LogP contribution in [0.2, 0.25) is 0 Å². The summed E-state index contributed by atoms with van der Waals surface area (Å²) in [5.41, 5.74) is 3.53. The van der Waals surface area contributed by atoms with Crippen molar-refractivity contribution in [3.63, 3.8) is 0 Å². The van der Waals surface area contributed by atoms with Crippen molar-refractivity contribution < 1.29 is 0 Å². The van der Waals surface area contributed by atoms with Crippen LogP contribution in [0.25, 0.3) is 10.9 Å². The number of hydrogen-bond acceptors (Lipinski definition) is 2. The fourth-order valence-corrected chi connectivity index (χ4v) is 2.62. The van der Waals surface area contributed by atoms with Gasteiger partial charge in [0.2, 0.25) is 0 Å². The standard InChI is InChI=1S/C17H24N2/c1-12(2)9-13(3)18-11-15-10-14(4)19-17-8-6-5-7-16(15)17/h5-8,10,12-13,18H,9,11H2,1-4H3. The number of nitrogens with zero attached hydrogens (tertiary/aromatic N) is 1. The molecule has 0 spiro atoms. The van der Waals surface area contributed by atoms with Crippen LogP contribution < -0.4 is 5.32 Å². The first kappa shape index (κ1) is 14.0. The lowest BCUT2D eigenvalue weighted by Gasteiger charge is -2.17. The lowest BCUT2D eigenvalue weighted by atomic mass is 10.0. The molecule has 0 aliphatic heterocycles. The van der Waals surface area contributed by atoms with Gasteiger partial charge >= 0.3 is 0 Å². The van der Waals surface area contributed by atoms with E-state index in [1.54, 1.807) is 0 Å². The Hall–Kier alpha value is -1.41. The molecule has 2 aromatic rings. The lowest BCUT2D eigenvalue weighted by Crippen LogP contribution is -2.27. The van der Waals surface area contributed by atoms with Crippen molar-refractivity contribution in [2.45, 2.75) is 46.7 Å². The number of aromatic nitrogens is 1. The van der Waals surface area contributed by atoms with E-state index < -0.39 is 0 Å². The molecule has 1 aromatic heterocycles. The highest BCUT2D eigenvalue weighted by atomic mass is 14.9. The van der Waals surface area contributed by atoms with Gasteiger partial charge in [-0.25, -0.2) is 0 Å². The van der Waals surface area contributed by atoms with Gasteiger partial charge in [0.1, 0.15) is 0 Å². The molecule has 0 aliphatic carbocycles. The molecule has 19 heavy (non-hydrogen) atoms. The number of benzene rings is 1. The predicted molar refractivity (Wildman–Crippen MR) is 82.2 cm³/mol. The average Bonchev–Trinajstić information content (AvgIpc) is 2.35. The molecule has 2 nitrogen and oxygen atoms in total. The largest absolute Gasteiger partial charge is 0.310 e. The maximum atomic E-state index is 4.58. The van der Waals surface area contributed by atoms with Crippen LogP contribution in [0.3, 0.4) is 0 Å². The van der Waals surface area contributed by atoms with Crippen LogP contribution >= 0.6 is 0 Å². The summed E-state index contributed by atoms with van der Waals surface area (Å²) in [7, 11) is 0. The maximum absolute atomic E-state index is 4.58. The van der Waals surface area contributed by atoms with Crippen molar-refractivity contribution in [3.8, 4) is 0 Å². The summed E-state index contributed by atoms with van der Waals surface area (Å²) in [6, 6.07) is 11.1. The number of aryl methyl sites for hydroxylation is 1. The van der Waals surface area contributed by atoms with Crippen LogP contribution in [0.15, 0.2) is 30.3 Å². The molecule has 2 heteroatoms. The molecular weight excluding hydrogens is 232 g/mol. The summed E-state index contributed by atoms with van der Waals surface area (Å²) in [6.07, 6.45) is 1.21. The van der Waals surface area contributed by atoms with E-state index in [1.807, 2.05) is 6.07 Å². The third-order valence-electron chi connectivity index (χ3n) is 3.40. The van der Waals surface area contributed by atoms with Gasteiger partial charge in [0.05, 0.1) is 5.52 Å². The van der Waals surface area contributed by atoms with Crippen LogP contribution in [0, 0.1) is 12.8 Å². The number of hydrogen-bond donors (Lipinski definition) is 1. The van der Waals surface area contributed by atoms with Gasteiger partial charge in [-0.3, -0.25) is 4.98 Å². The Labute approximate surface area is 116 Å². The zero-order valence-electron chi connectivity index (χ0n) is 12.4. The molecule has 1 unspecified atom stereocenters. The molecule has 0 bridgehead atoms. The van der Waals surface area contributed by atoms with E-state index >= 15 is 0 Å². The highest BCUT2D eigenvalue weighted by Crippen LogP contribution is 2.18. The van der Waals surface area contributed by atoms with Crippen molar-refractivity contribution in [2.75, 3.05) is 0 Å². The normalized spacial score (nSPS) is 13.1. The van der Waals surface area contributed by atoms with Gasteiger partial charge in [0.15, 0.2) is 0 Å². The number of fused-ring (bicyclic) bond motifs is 1. The third kappa shape index (κ3) is 3.77. The Morgan fingerprint density at radius 1 is 1.16 bits per heavy atom. The van der Waals surface area contributed by atoms with Crippen LogP contribution in [0.5, 0.6) is 0 Å². The number of pyridine rings is 1. The zero-order valence-corrected chi connectivity index (χ0v) is 12.4. The lowest BCUT2D eigenvalue weighted by molar-refractivity contribution is 0.442. The van der Waals surface area contributed by atoms with E-state index in [4.69, 9.17) is 0 Å². The minimum atomic E-state index is 0.548. The second kappa shape index (κ2) is 6.16. The summed E-state index contributed by atoms with van der Waals surface area (Å²) in [5.74, 6) is 0.735. The van der Waals surface area contributed by atoms with Crippen molar-refractivity contribution >= 4 is 10.9 Å². The quantitative estimate of drug-likeness (QED) is 0.872. The molecule has 0 saturated carbocycles. The first-order valence-electron chi connectivity index (χ1n) is 7.15. The molecule has 0 saturated heterocycles. The first-order valence-corrected chi connectivity index (χ1v) is 7.15. The van der Waals surface area contributed by atoms with Crippen LogP contribution in [0.4, 0.5) is 0 Å². The topological polar surface area (TPSA) is 24.9 Å². The van der Waals surface area contributed by atoms with Crippen molar-refractivity contribution in [1.82, 2.24) is 10.3 Å². The van der Waals surface area contributed by atoms with E-state index in [2.05, 4.69) is 62.3 Å². The maximum Gasteiger partial charge on any atom is 0.0708 e. The Morgan fingerprint density at radius 3 is 2.63 bits per heavy atom. The molecule has 0 aliphatic rings. The fraction of sp³-hybridized carbons (Fsp3) is 0.471. The minimum absolute atomic E-state index is 0.548. The van der Waals surface area contributed by atoms with E-state index in [0.29, 0.717) is 6.04 Å². The second-order valence-corrected chi connectivity index (χ2v) is 5.85. The highest BCUT2D eigenvalue weighted by Gasteiger charge is 2.07. The first-order chi connectivity index (χ1) is 9.06. The van der Waals surface area contributed by atoms with Gasteiger partial charge < -0.3 is 5.32 Å². The van der Waals surface area contributed by atoms with Crippen molar-refractivity contribution in [1.29, 1.82) is 0 Å². The fourth-order valence-electron chi connectivity index (χ4n) is 2.62. The molecule has 1 N–H and O–H groups in total. The number of nitrogens with one attached hydrogen (secondary N) is 1. The van der Waals surface area contributed by atoms with Gasteiger partial charge in [0.25, 0.3) is 0 Å². The van der Waals surface area contributed by atoms with Gasteiger partial charge in [-0.1, -0.05) is 32.0 Å². The van der Waals surface area contributed by atoms with Crippen molar-refractivity contribution in [3.05, 3.63) is 41.6 Å². The molecular formula is C17H24N2. The third-order valence-corrected chi connectivity index (χ3v) is 3.40. The Kier molecular flexibility index (Phi) is 4.54. The van der Waals surface area contributed by atoms with E-state index in [9.17, 15) is 0 Å². The molecule has 2 rings (SSSR count). The van der Waals surface area contributed by atoms with E-state index in [1.165, 1.54) is 17.4 Å². The summed E-state index contributed by atoms with van der Waals surface area (Å²) in [6.45, 7) is 9.77. The Balaban J connectivity index is 2.16. The van der Waals surface area contributed by atoms with E-state index in [-0.39, 0.29) is 0 Å². The summed E-state index contributed by atoms with van der Waals surface area (Å²) in [5, 5.41) is 4.88.